The van der Waals surface area contributed by atoms with E-state index in [0.29, 0.717) is 6.54 Å². The number of fused-ring (bicyclic) bond motifs is 1. The number of rotatable bonds is 8. The number of hydrogen-bond acceptors (Lipinski definition) is 3. The molecule has 0 spiro atoms. The molecule has 5 heteroatoms. The second-order valence-electron chi connectivity index (χ2n) is 6.21. The first-order chi connectivity index (χ1) is 12.3. The average Bonchev–Trinajstić information content (AvgIpc) is 2.95. The van der Waals surface area contributed by atoms with Crippen molar-refractivity contribution >= 4 is 29.4 Å². The maximum Gasteiger partial charge on any atom is 0.0458 e. The first-order valence-corrected chi connectivity index (χ1v) is 8.67. The summed E-state index contributed by atoms with van der Waals surface area (Å²) >= 11 is 0. The highest BCUT2D eigenvalue weighted by molar-refractivity contribution is 5.85. The van der Waals surface area contributed by atoms with Gasteiger partial charge in [-0.05, 0) is 42.6 Å². The molecule has 3 rings (SSSR count). The Morgan fingerprint density at radius 1 is 1.08 bits per heavy atom. The zero-order valence-electron chi connectivity index (χ0n) is 15.0. The third kappa shape index (κ3) is 5.19. The van der Waals surface area contributed by atoms with Crippen LogP contribution in [0.3, 0.4) is 0 Å². The maximum atomic E-state index is 8.54. The Hall–Kier alpha value is -2.11. The van der Waals surface area contributed by atoms with Gasteiger partial charge in [-0.3, -0.25) is 0 Å². The van der Waals surface area contributed by atoms with Crippen LogP contribution in [0.25, 0.3) is 17.0 Å². The molecule has 0 radical (unpaired) electrons. The molecule has 0 aliphatic heterocycles. The van der Waals surface area contributed by atoms with Crippen molar-refractivity contribution < 1.29 is 5.21 Å². The summed E-state index contributed by atoms with van der Waals surface area (Å²) < 4.78 is 0. The van der Waals surface area contributed by atoms with Crippen LogP contribution in [-0.2, 0) is 13.0 Å². The van der Waals surface area contributed by atoms with Gasteiger partial charge in [0.1, 0.15) is 0 Å². The van der Waals surface area contributed by atoms with Gasteiger partial charge in [-0.1, -0.05) is 54.6 Å². The second-order valence-corrected chi connectivity index (χ2v) is 6.21. The number of hydroxylamine groups is 1. The molecule has 0 bridgehead atoms. The van der Waals surface area contributed by atoms with Crippen molar-refractivity contribution in [3.63, 3.8) is 0 Å². The van der Waals surface area contributed by atoms with E-state index in [4.69, 9.17) is 5.21 Å². The van der Waals surface area contributed by atoms with Crippen LogP contribution in [0, 0.1) is 6.92 Å². The third-order valence-electron chi connectivity index (χ3n) is 4.41. The van der Waals surface area contributed by atoms with Crippen molar-refractivity contribution in [3.8, 4) is 0 Å². The number of aromatic amines is 1. The predicted molar refractivity (Wildman–Crippen MR) is 111 cm³/mol. The summed E-state index contributed by atoms with van der Waals surface area (Å²) in [6, 6.07) is 16.9. The summed E-state index contributed by atoms with van der Waals surface area (Å²) in [5.74, 6) is 0. The molecule has 1 heterocycles. The van der Waals surface area contributed by atoms with Gasteiger partial charge in [0.05, 0.1) is 0 Å². The van der Waals surface area contributed by atoms with E-state index in [-0.39, 0.29) is 12.4 Å². The number of halogens is 1. The summed E-state index contributed by atoms with van der Waals surface area (Å²) in [7, 11) is 0. The predicted octanol–water partition coefficient (Wildman–Crippen LogP) is 4.22. The molecule has 0 saturated heterocycles. The van der Waals surface area contributed by atoms with Crippen molar-refractivity contribution in [2.24, 2.45) is 0 Å². The van der Waals surface area contributed by atoms with E-state index < -0.39 is 0 Å². The molecule has 0 aliphatic rings. The summed E-state index contributed by atoms with van der Waals surface area (Å²) in [5.41, 5.74) is 8.40. The van der Waals surface area contributed by atoms with Gasteiger partial charge in [0, 0.05) is 29.7 Å². The first kappa shape index (κ1) is 20.2. The Bertz CT molecular complexity index is 840. The second kappa shape index (κ2) is 10.1. The van der Waals surface area contributed by atoms with E-state index in [1.807, 2.05) is 12.2 Å². The van der Waals surface area contributed by atoms with Crippen LogP contribution in [0.5, 0.6) is 0 Å². The van der Waals surface area contributed by atoms with Gasteiger partial charge in [-0.2, -0.15) is 0 Å². The van der Waals surface area contributed by atoms with Gasteiger partial charge >= 0.3 is 0 Å². The Morgan fingerprint density at radius 3 is 2.62 bits per heavy atom. The lowest BCUT2D eigenvalue weighted by Crippen LogP contribution is -2.16. The van der Waals surface area contributed by atoms with Crippen molar-refractivity contribution in [3.05, 3.63) is 77.0 Å². The highest BCUT2D eigenvalue weighted by Crippen LogP contribution is 2.21. The minimum Gasteiger partial charge on any atom is -0.358 e. The van der Waals surface area contributed by atoms with Gasteiger partial charge in [-0.15, -0.1) is 12.4 Å². The van der Waals surface area contributed by atoms with Crippen molar-refractivity contribution in [1.82, 2.24) is 15.8 Å². The quantitative estimate of drug-likeness (QED) is 0.354. The number of aromatic nitrogens is 1. The fourth-order valence-electron chi connectivity index (χ4n) is 3.10. The lowest BCUT2D eigenvalue weighted by Gasteiger charge is -2.06. The third-order valence-corrected chi connectivity index (χ3v) is 4.41. The monoisotopic (exact) mass is 371 g/mol. The minimum atomic E-state index is 0. The summed E-state index contributed by atoms with van der Waals surface area (Å²) in [6.07, 6.45) is 4.89. The van der Waals surface area contributed by atoms with Crippen LogP contribution < -0.4 is 10.8 Å². The van der Waals surface area contributed by atoms with Crippen LogP contribution in [0.2, 0.25) is 0 Å². The zero-order chi connectivity index (χ0) is 17.5. The lowest BCUT2D eigenvalue weighted by atomic mass is 10.1. The van der Waals surface area contributed by atoms with Gasteiger partial charge in [0.2, 0.25) is 0 Å². The van der Waals surface area contributed by atoms with Crippen molar-refractivity contribution in [2.75, 3.05) is 13.1 Å². The van der Waals surface area contributed by atoms with E-state index >= 15 is 0 Å². The number of para-hydroxylation sites is 1. The van der Waals surface area contributed by atoms with E-state index in [0.717, 1.165) is 25.1 Å². The van der Waals surface area contributed by atoms with Crippen LogP contribution >= 0.6 is 12.4 Å². The molecular formula is C21H26ClN3O. The SMILES string of the molecule is Cc1[nH]c2ccccc2c1CCNCc1ccc(/C=C/CNO)cc1.Cl. The van der Waals surface area contributed by atoms with Gasteiger partial charge < -0.3 is 15.5 Å². The Morgan fingerprint density at radius 2 is 1.85 bits per heavy atom. The van der Waals surface area contributed by atoms with E-state index in [1.165, 1.54) is 27.7 Å². The molecule has 4 N–H and O–H groups in total. The molecule has 0 unspecified atom stereocenters. The van der Waals surface area contributed by atoms with Crippen molar-refractivity contribution in [2.45, 2.75) is 19.9 Å². The largest absolute Gasteiger partial charge is 0.358 e. The molecule has 138 valence electrons. The number of aryl methyl sites for hydroxylation is 1. The van der Waals surface area contributed by atoms with Crippen LogP contribution in [0.4, 0.5) is 0 Å². The van der Waals surface area contributed by atoms with E-state index in [9.17, 15) is 0 Å². The van der Waals surface area contributed by atoms with Gasteiger partial charge in [0.15, 0.2) is 0 Å². The fraction of sp³-hybridized carbons (Fsp3) is 0.238. The highest BCUT2D eigenvalue weighted by atomic mass is 35.5. The summed E-state index contributed by atoms with van der Waals surface area (Å²) in [4.78, 5) is 3.46. The van der Waals surface area contributed by atoms with Crippen LogP contribution in [-0.4, -0.2) is 23.3 Å². The smallest absolute Gasteiger partial charge is 0.0458 e. The Balaban J connectivity index is 0.00000243. The van der Waals surface area contributed by atoms with E-state index in [1.54, 1.807) is 0 Å². The van der Waals surface area contributed by atoms with Crippen molar-refractivity contribution in [1.29, 1.82) is 0 Å². The summed E-state index contributed by atoms with van der Waals surface area (Å²) in [5, 5.41) is 13.4. The minimum absolute atomic E-state index is 0. The molecule has 0 atom stereocenters. The fourth-order valence-corrected chi connectivity index (χ4v) is 3.10. The molecule has 0 saturated carbocycles. The maximum absolute atomic E-state index is 8.54. The molecule has 0 aliphatic carbocycles. The van der Waals surface area contributed by atoms with Crippen LogP contribution in [0.15, 0.2) is 54.6 Å². The van der Waals surface area contributed by atoms with Gasteiger partial charge in [-0.25, -0.2) is 5.48 Å². The molecule has 0 amide bonds. The average molecular weight is 372 g/mol. The molecule has 4 nitrogen and oxygen atoms in total. The molecule has 1 aromatic heterocycles. The molecule has 3 aromatic rings. The number of benzene rings is 2. The van der Waals surface area contributed by atoms with Gasteiger partial charge in [0.25, 0.3) is 0 Å². The highest BCUT2D eigenvalue weighted by Gasteiger charge is 2.06. The summed E-state index contributed by atoms with van der Waals surface area (Å²) in [6.45, 7) is 4.42. The molecule has 0 fully saturated rings. The number of hydrogen-bond donors (Lipinski definition) is 4. The normalized spacial score (nSPS) is 11.2. The standard InChI is InChI=1S/C21H25N3O.ClH/c1-16-19(20-6-2-3-7-21(20)24-16)12-14-22-15-18-10-8-17(9-11-18)5-4-13-23-25;/h2-11,22-25H,12-15H2,1H3;1H/b5-4+;. The molecule has 2 aromatic carbocycles. The zero-order valence-corrected chi connectivity index (χ0v) is 15.8. The number of H-pyrrole nitrogens is 1. The Kier molecular flexibility index (Phi) is 7.88. The first-order valence-electron chi connectivity index (χ1n) is 8.67. The van der Waals surface area contributed by atoms with Crippen LogP contribution in [0.1, 0.15) is 22.4 Å². The lowest BCUT2D eigenvalue weighted by molar-refractivity contribution is 0.180. The van der Waals surface area contributed by atoms with E-state index in [2.05, 4.69) is 71.2 Å². The topological polar surface area (TPSA) is 60.1 Å². The Labute approximate surface area is 160 Å². The number of nitrogens with one attached hydrogen (secondary N) is 3. The molecular weight excluding hydrogens is 346 g/mol. The molecule has 26 heavy (non-hydrogen) atoms.